The van der Waals surface area contributed by atoms with Gasteiger partial charge in [-0.2, -0.15) is 0 Å². The highest BCUT2D eigenvalue weighted by molar-refractivity contribution is 7.99. The molecule has 0 aliphatic rings. The van der Waals surface area contributed by atoms with E-state index in [2.05, 4.69) is 4.98 Å². The van der Waals surface area contributed by atoms with E-state index in [0.717, 1.165) is 4.90 Å². The van der Waals surface area contributed by atoms with Crippen LogP contribution in [0.3, 0.4) is 0 Å². The van der Waals surface area contributed by atoms with Crippen LogP contribution >= 0.6 is 46.6 Å². The molecule has 0 aliphatic heterocycles. The number of anilines is 1. The smallest absolute Gasteiger partial charge is 0.143 e. The number of hydrogen-bond donors (Lipinski definition) is 1. The zero-order valence-electron chi connectivity index (χ0n) is 8.45. The molecule has 2 nitrogen and oxygen atoms in total. The van der Waals surface area contributed by atoms with Gasteiger partial charge in [-0.25, -0.2) is 4.98 Å². The Hall–Kier alpha value is -0.610. The van der Waals surface area contributed by atoms with Gasteiger partial charge in [0.1, 0.15) is 10.8 Å². The van der Waals surface area contributed by atoms with Crippen molar-refractivity contribution in [2.75, 3.05) is 5.73 Å². The molecular formula is C11H7Cl3N2S. The Labute approximate surface area is 118 Å². The number of nitrogen functional groups attached to an aromatic ring is 1. The Morgan fingerprint density at radius 1 is 1.00 bits per heavy atom. The van der Waals surface area contributed by atoms with Crippen LogP contribution in [0.4, 0.5) is 5.82 Å². The predicted octanol–water partition coefficient (Wildman–Crippen LogP) is 4.78. The lowest BCUT2D eigenvalue weighted by Gasteiger charge is -2.06. The van der Waals surface area contributed by atoms with Crippen molar-refractivity contribution >= 4 is 52.4 Å². The fraction of sp³-hybridized carbons (Fsp3) is 0. The van der Waals surface area contributed by atoms with Gasteiger partial charge in [-0.1, -0.05) is 58.7 Å². The third-order valence-electron chi connectivity index (χ3n) is 1.97. The van der Waals surface area contributed by atoms with Gasteiger partial charge in [0.25, 0.3) is 0 Å². The van der Waals surface area contributed by atoms with Gasteiger partial charge < -0.3 is 5.73 Å². The third kappa shape index (κ3) is 2.99. The lowest BCUT2D eigenvalue weighted by atomic mass is 10.4. The first-order valence-electron chi connectivity index (χ1n) is 4.62. The SMILES string of the molecule is Nc1nc(Sc2ccccc2Cl)c(Cl)cc1Cl. The molecule has 2 rings (SSSR count). The summed E-state index contributed by atoms with van der Waals surface area (Å²) in [7, 11) is 0. The number of benzene rings is 1. The summed E-state index contributed by atoms with van der Waals surface area (Å²) in [6.45, 7) is 0. The second-order valence-corrected chi connectivity index (χ2v) is 5.43. The monoisotopic (exact) mass is 304 g/mol. The van der Waals surface area contributed by atoms with Crippen LogP contribution in [0, 0.1) is 0 Å². The molecule has 0 saturated heterocycles. The largest absolute Gasteiger partial charge is 0.382 e. The molecule has 0 atom stereocenters. The van der Waals surface area contributed by atoms with Gasteiger partial charge in [0.15, 0.2) is 0 Å². The Morgan fingerprint density at radius 3 is 2.41 bits per heavy atom. The number of pyridine rings is 1. The van der Waals surface area contributed by atoms with Gasteiger partial charge in [-0.05, 0) is 18.2 Å². The highest BCUT2D eigenvalue weighted by Gasteiger charge is 2.10. The quantitative estimate of drug-likeness (QED) is 0.868. The minimum absolute atomic E-state index is 0.255. The molecule has 0 saturated carbocycles. The van der Waals surface area contributed by atoms with Gasteiger partial charge in [0.05, 0.1) is 15.1 Å². The molecule has 0 radical (unpaired) electrons. The fourth-order valence-electron chi connectivity index (χ4n) is 1.17. The highest BCUT2D eigenvalue weighted by atomic mass is 35.5. The van der Waals surface area contributed by atoms with Crippen LogP contribution < -0.4 is 5.73 Å². The van der Waals surface area contributed by atoms with E-state index >= 15 is 0 Å². The molecule has 0 unspecified atom stereocenters. The maximum Gasteiger partial charge on any atom is 0.143 e. The first-order chi connectivity index (χ1) is 8.08. The van der Waals surface area contributed by atoms with E-state index in [1.54, 1.807) is 12.1 Å². The number of nitrogens with zero attached hydrogens (tertiary/aromatic N) is 1. The molecule has 17 heavy (non-hydrogen) atoms. The maximum absolute atomic E-state index is 6.05. The number of aromatic nitrogens is 1. The average Bonchev–Trinajstić information content (AvgIpc) is 2.29. The van der Waals surface area contributed by atoms with E-state index in [4.69, 9.17) is 40.5 Å². The molecular weight excluding hydrogens is 299 g/mol. The van der Waals surface area contributed by atoms with Crippen LogP contribution in [0.2, 0.25) is 15.1 Å². The highest BCUT2D eigenvalue weighted by Crippen LogP contribution is 2.37. The van der Waals surface area contributed by atoms with Crippen molar-refractivity contribution in [3.05, 3.63) is 45.4 Å². The molecule has 88 valence electrons. The van der Waals surface area contributed by atoms with Crippen LogP contribution in [-0.2, 0) is 0 Å². The van der Waals surface area contributed by atoms with Crippen LogP contribution in [0.15, 0.2) is 40.3 Å². The fourth-order valence-corrected chi connectivity index (χ4v) is 2.71. The third-order valence-corrected chi connectivity index (χ3v) is 4.19. The summed E-state index contributed by atoms with van der Waals surface area (Å²) in [5.74, 6) is 0.255. The molecule has 0 bridgehead atoms. The molecule has 1 aromatic heterocycles. The second kappa shape index (κ2) is 5.36. The average molecular weight is 306 g/mol. The Balaban J connectivity index is 2.37. The van der Waals surface area contributed by atoms with Gasteiger partial charge in [0, 0.05) is 4.90 Å². The van der Waals surface area contributed by atoms with E-state index in [0.29, 0.717) is 20.1 Å². The van der Waals surface area contributed by atoms with E-state index in [1.165, 1.54) is 11.8 Å². The molecule has 0 spiro atoms. The van der Waals surface area contributed by atoms with E-state index in [9.17, 15) is 0 Å². The normalized spacial score (nSPS) is 10.5. The molecule has 6 heteroatoms. The summed E-state index contributed by atoms with van der Waals surface area (Å²) in [5.41, 5.74) is 5.63. The van der Waals surface area contributed by atoms with Crippen LogP contribution in [0.1, 0.15) is 0 Å². The van der Waals surface area contributed by atoms with Crippen molar-refractivity contribution in [2.45, 2.75) is 9.92 Å². The van der Waals surface area contributed by atoms with Crippen molar-refractivity contribution in [1.82, 2.24) is 4.98 Å². The summed E-state index contributed by atoms with van der Waals surface area (Å²) in [5, 5.41) is 2.03. The topological polar surface area (TPSA) is 38.9 Å². The zero-order chi connectivity index (χ0) is 12.4. The molecule has 0 aliphatic carbocycles. The van der Waals surface area contributed by atoms with E-state index in [-0.39, 0.29) is 5.82 Å². The summed E-state index contributed by atoms with van der Waals surface area (Å²) >= 11 is 19.2. The first kappa shape index (κ1) is 12.8. The van der Waals surface area contributed by atoms with Crippen LogP contribution in [0.5, 0.6) is 0 Å². The van der Waals surface area contributed by atoms with Gasteiger partial charge in [0.2, 0.25) is 0 Å². The number of halogens is 3. The molecule has 0 amide bonds. The number of nitrogens with two attached hydrogens (primary N) is 1. The molecule has 2 aromatic rings. The minimum Gasteiger partial charge on any atom is -0.382 e. The second-order valence-electron chi connectivity index (χ2n) is 3.17. The summed E-state index contributed by atoms with van der Waals surface area (Å²) in [6.07, 6.45) is 0. The van der Waals surface area contributed by atoms with Gasteiger partial charge >= 0.3 is 0 Å². The summed E-state index contributed by atoms with van der Waals surface area (Å²) < 4.78 is 0. The van der Waals surface area contributed by atoms with E-state index < -0.39 is 0 Å². The van der Waals surface area contributed by atoms with Crippen molar-refractivity contribution in [1.29, 1.82) is 0 Å². The molecule has 0 fully saturated rings. The Morgan fingerprint density at radius 2 is 1.71 bits per heavy atom. The van der Waals surface area contributed by atoms with Crippen molar-refractivity contribution < 1.29 is 0 Å². The van der Waals surface area contributed by atoms with Crippen molar-refractivity contribution in [2.24, 2.45) is 0 Å². The Bertz CT molecular complexity index is 560. The standard InChI is InChI=1S/C11H7Cl3N2S/c12-6-3-1-2-4-9(6)17-11-8(14)5-7(13)10(15)16-11/h1-5H,(H2,15,16). The summed E-state index contributed by atoms with van der Waals surface area (Å²) in [4.78, 5) is 4.99. The zero-order valence-corrected chi connectivity index (χ0v) is 11.5. The lowest BCUT2D eigenvalue weighted by molar-refractivity contribution is 1.14. The van der Waals surface area contributed by atoms with Gasteiger partial charge in [-0.3, -0.25) is 0 Å². The van der Waals surface area contributed by atoms with Crippen molar-refractivity contribution in [3.8, 4) is 0 Å². The first-order valence-corrected chi connectivity index (χ1v) is 6.57. The molecule has 1 aromatic carbocycles. The number of hydrogen-bond acceptors (Lipinski definition) is 3. The molecule has 2 N–H and O–H groups in total. The van der Waals surface area contributed by atoms with E-state index in [1.807, 2.05) is 18.2 Å². The maximum atomic E-state index is 6.05. The Kier molecular flexibility index (Phi) is 4.05. The van der Waals surface area contributed by atoms with Crippen molar-refractivity contribution in [3.63, 3.8) is 0 Å². The summed E-state index contributed by atoms with van der Waals surface area (Å²) in [6, 6.07) is 9.01. The van der Waals surface area contributed by atoms with Crippen LogP contribution in [0.25, 0.3) is 0 Å². The lowest BCUT2D eigenvalue weighted by Crippen LogP contribution is -1.93. The molecule has 1 heterocycles. The van der Waals surface area contributed by atoms with Crippen LogP contribution in [-0.4, -0.2) is 4.98 Å². The minimum atomic E-state index is 0.255. The number of rotatable bonds is 2. The van der Waals surface area contributed by atoms with Gasteiger partial charge in [-0.15, -0.1) is 0 Å². The predicted molar refractivity (Wildman–Crippen MR) is 74.2 cm³/mol.